The molecule has 0 spiro atoms. The van der Waals surface area contributed by atoms with Crippen LogP contribution in [0, 0.1) is 0 Å². The van der Waals surface area contributed by atoms with Gasteiger partial charge < -0.3 is 14.6 Å². The number of methoxy groups -OCH3 is 1. The monoisotopic (exact) mass is 286 g/mol. The average Bonchev–Trinajstić information content (AvgIpc) is 2.52. The van der Waals surface area contributed by atoms with Crippen LogP contribution in [-0.4, -0.2) is 24.8 Å². The Hall–Kier alpha value is -2.33. The topological polar surface area (TPSA) is 55.8 Å². The summed E-state index contributed by atoms with van der Waals surface area (Å²) in [6, 6.07) is 16.8. The van der Waals surface area contributed by atoms with Crippen molar-refractivity contribution < 1.29 is 19.4 Å². The molecule has 0 amide bonds. The minimum atomic E-state index is -1.00. The van der Waals surface area contributed by atoms with Crippen LogP contribution in [0.15, 0.2) is 54.6 Å². The smallest absolute Gasteiger partial charge is 0.337 e. The van der Waals surface area contributed by atoms with Gasteiger partial charge in [-0.25, -0.2) is 4.79 Å². The Morgan fingerprint density at radius 3 is 2.57 bits per heavy atom. The van der Waals surface area contributed by atoms with E-state index in [9.17, 15) is 9.90 Å². The second-order valence-electron chi connectivity index (χ2n) is 4.60. The van der Waals surface area contributed by atoms with Crippen molar-refractivity contribution in [3.05, 3.63) is 65.7 Å². The van der Waals surface area contributed by atoms with Gasteiger partial charge in [-0.15, -0.1) is 0 Å². The van der Waals surface area contributed by atoms with Crippen LogP contribution in [0.4, 0.5) is 0 Å². The number of carbonyl (C=O) groups is 1. The molecule has 4 heteroatoms. The van der Waals surface area contributed by atoms with Gasteiger partial charge in [0.25, 0.3) is 0 Å². The largest absolute Gasteiger partial charge is 0.497 e. The first kappa shape index (κ1) is 15.1. The molecule has 0 aliphatic heterocycles. The summed E-state index contributed by atoms with van der Waals surface area (Å²) in [6.45, 7) is 0.345. The van der Waals surface area contributed by atoms with Gasteiger partial charge in [0.1, 0.15) is 5.75 Å². The molecule has 0 heterocycles. The van der Waals surface area contributed by atoms with E-state index in [-0.39, 0.29) is 0 Å². The molecule has 0 saturated heterocycles. The Morgan fingerprint density at radius 2 is 1.90 bits per heavy atom. The van der Waals surface area contributed by atoms with Crippen molar-refractivity contribution in [2.24, 2.45) is 0 Å². The Labute approximate surface area is 123 Å². The zero-order valence-electron chi connectivity index (χ0n) is 11.9. The van der Waals surface area contributed by atoms with Gasteiger partial charge in [-0.2, -0.15) is 0 Å². The predicted octanol–water partition coefficient (Wildman–Crippen LogP) is 3.08. The summed E-state index contributed by atoms with van der Waals surface area (Å²) >= 11 is 0. The van der Waals surface area contributed by atoms with Crippen molar-refractivity contribution >= 4 is 5.97 Å². The lowest BCUT2D eigenvalue weighted by Crippen LogP contribution is -2.16. The minimum Gasteiger partial charge on any atom is -0.497 e. The molecule has 0 fully saturated rings. The van der Waals surface area contributed by atoms with Crippen LogP contribution in [-0.2, 0) is 16.0 Å². The van der Waals surface area contributed by atoms with E-state index in [1.54, 1.807) is 31.4 Å². The lowest BCUT2D eigenvalue weighted by atomic mass is 10.1. The molecule has 0 radical (unpaired) electrons. The molecule has 0 unspecified atom stereocenters. The lowest BCUT2D eigenvalue weighted by Gasteiger charge is -2.15. The third kappa shape index (κ3) is 4.33. The molecule has 110 valence electrons. The third-order valence-corrected chi connectivity index (χ3v) is 3.14. The molecule has 2 rings (SSSR count). The van der Waals surface area contributed by atoms with E-state index in [2.05, 4.69) is 0 Å². The van der Waals surface area contributed by atoms with Gasteiger partial charge >= 0.3 is 5.97 Å². The highest BCUT2D eigenvalue weighted by atomic mass is 16.5. The zero-order valence-corrected chi connectivity index (χ0v) is 11.9. The highest BCUT2D eigenvalue weighted by Gasteiger charge is 2.20. The Morgan fingerprint density at radius 1 is 1.14 bits per heavy atom. The van der Waals surface area contributed by atoms with E-state index in [0.29, 0.717) is 24.3 Å². The number of ether oxygens (including phenoxy) is 2. The van der Waals surface area contributed by atoms with Crippen molar-refractivity contribution in [2.45, 2.75) is 12.5 Å². The molecule has 4 nitrogen and oxygen atoms in total. The van der Waals surface area contributed by atoms with Crippen LogP contribution in [0.25, 0.3) is 0 Å². The number of hydrogen-bond donors (Lipinski definition) is 1. The van der Waals surface area contributed by atoms with E-state index in [4.69, 9.17) is 9.47 Å². The first-order chi connectivity index (χ1) is 10.2. The summed E-state index contributed by atoms with van der Waals surface area (Å²) in [7, 11) is 1.55. The molecule has 1 atom stereocenters. The van der Waals surface area contributed by atoms with Crippen LogP contribution in [0.3, 0.4) is 0 Å². The van der Waals surface area contributed by atoms with Gasteiger partial charge in [0.2, 0.25) is 0 Å². The molecule has 0 aliphatic rings. The van der Waals surface area contributed by atoms with Crippen LogP contribution < -0.4 is 4.74 Å². The Balaban J connectivity index is 2.00. The summed E-state index contributed by atoms with van der Waals surface area (Å²) in [5.41, 5.74) is 1.70. The molecular formula is C17H18O4. The average molecular weight is 286 g/mol. The Kier molecular flexibility index (Phi) is 5.35. The summed E-state index contributed by atoms with van der Waals surface area (Å²) in [4.78, 5) is 11.4. The fourth-order valence-corrected chi connectivity index (χ4v) is 2.05. The highest BCUT2D eigenvalue weighted by molar-refractivity contribution is 5.74. The third-order valence-electron chi connectivity index (χ3n) is 3.14. The summed E-state index contributed by atoms with van der Waals surface area (Å²) in [5.74, 6) is -0.387. The molecule has 0 bridgehead atoms. The van der Waals surface area contributed by atoms with Crippen LogP contribution in [0.5, 0.6) is 5.75 Å². The standard InChI is InChI=1S/C17H18O4/c1-20-15-9-5-8-14(12-15)16(17(18)19)21-11-10-13-6-3-2-4-7-13/h2-9,12,16H,10-11H2,1H3,(H,18,19)/t16-/m0/s1. The van der Waals surface area contributed by atoms with Crippen molar-refractivity contribution in [1.29, 1.82) is 0 Å². The number of rotatable bonds is 7. The maximum atomic E-state index is 11.4. The normalized spacial score (nSPS) is 11.9. The number of hydrogen-bond acceptors (Lipinski definition) is 3. The van der Waals surface area contributed by atoms with E-state index >= 15 is 0 Å². The molecule has 21 heavy (non-hydrogen) atoms. The predicted molar refractivity (Wildman–Crippen MR) is 79.5 cm³/mol. The minimum absolute atomic E-state index is 0.345. The van der Waals surface area contributed by atoms with Crippen molar-refractivity contribution in [1.82, 2.24) is 0 Å². The maximum absolute atomic E-state index is 11.4. The SMILES string of the molecule is COc1cccc([C@H](OCCc2ccccc2)C(=O)O)c1. The van der Waals surface area contributed by atoms with Gasteiger partial charge in [0, 0.05) is 0 Å². The fourth-order valence-electron chi connectivity index (χ4n) is 2.05. The zero-order chi connectivity index (χ0) is 15.1. The van der Waals surface area contributed by atoms with Gasteiger partial charge in [-0.05, 0) is 29.7 Å². The fraction of sp³-hybridized carbons (Fsp3) is 0.235. The summed E-state index contributed by atoms with van der Waals surface area (Å²) in [6.07, 6.45) is -0.307. The van der Waals surface area contributed by atoms with Crippen LogP contribution in [0.1, 0.15) is 17.2 Å². The van der Waals surface area contributed by atoms with Crippen LogP contribution >= 0.6 is 0 Å². The molecular weight excluding hydrogens is 268 g/mol. The Bertz CT molecular complexity index is 580. The summed E-state index contributed by atoms with van der Waals surface area (Å²) < 4.78 is 10.6. The molecule has 0 saturated carbocycles. The second kappa shape index (κ2) is 7.45. The maximum Gasteiger partial charge on any atom is 0.337 e. The molecule has 1 N–H and O–H groups in total. The van der Waals surface area contributed by atoms with Gasteiger partial charge in [-0.3, -0.25) is 0 Å². The van der Waals surface area contributed by atoms with Crippen molar-refractivity contribution in [3.8, 4) is 5.75 Å². The highest BCUT2D eigenvalue weighted by Crippen LogP contribution is 2.22. The first-order valence-corrected chi connectivity index (χ1v) is 6.73. The second-order valence-corrected chi connectivity index (χ2v) is 4.60. The van der Waals surface area contributed by atoms with E-state index < -0.39 is 12.1 Å². The first-order valence-electron chi connectivity index (χ1n) is 6.73. The van der Waals surface area contributed by atoms with E-state index in [1.807, 2.05) is 30.3 Å². The molecule has 2 aromatic rings. The van der Waals surface area contributed by atoms with Gasteiger partial charge in [0.15, 0.2) is 6.10 Å². The van der Waals surface area contributed by atoms with Crippen molar-refractivity contribution in [2.75, 3.05) is 13.7 Å². The van der Waals surface area contributed by atoms with Crippen molar-refractivity contribution in [3.63, 3.8) is 0 Å². The number of aliphatic carboxylic acids is 1. The molecule has 0 aliphatic carbocycles. The quantitative estimate of drug-likeness (QED) is 0.850. The summed E-state index contributed by atoms with van der Waals surface area (Å²) in [5, 5.41) is 9.32. The lowest BCUT2D eigenvalue weighted by molar-refractivity contribution is -0.150. The molecule has 2 aromatic carbocycles. The number of carboxylic acid groups (broad SMARTS) is 1. The van der Waals surface area contributed by atoms with Gasteiger partial charge in [0.05, 0.1) is 13.7 Å². The van der Waals surface area contributed by atoms with Crippen LogP contribution in [0.2, 0.25) is 0 Å². The number of benzene rings is 2. The van der Waals surface area contributed by atoms with E-state index in [0.717, 1.165) is 5.56 Å². The van der Waals surface area contributed by atoms with E-state index in [1.165, 1.54) is 0 Å². The molecule has 0 aromatic heterocycles. The number of carboxylic acids is 1. The van der Waals surface area contributed by atoms with Gasteiger partial charge in [-0.1, -0.05) is 42.5 Å².